The van der Waals surface area contributed by atoms with E-state index in [-0.39, 0.29) is 30.0 Å². The number of thiophene rings is 1. The summed E-state index contributed by atoms with van der Waals surface area (Å²) in [6.07, 6.45) is 4.06. The Morgan fingerprint density at radius 1 is 1.25 bits per heavy atom. The van der Waals surface area contributed by atoms with E-state index in [9.17, 15) is 14.4 Å². The number of anilines is 1. The summed E-state index contributed by atoms with van der Waals surface area (Å²) in [4.78, 5) is 42.6. The van der Waals surface area contributed by atoms with Crippen molar-refractivity contribution in [2.24, 2.45) is 0 Å². The smallest absolute Gasteiger partial charge is 0.311 e. The van der Waals surface area contributed by atoms with Gasteiger partial charge in [0, 0.05) is 23.9 Å². The van der Waals surface area contributed by atoms with Gasteiger partial charge in [0.2, 0.25) is 5.91 Å². The molecule has 0 aliphatic heterocycles. The Morgan fingerprint density at radius 2 is 2.06 bits per heavy atom. The molecule has 8 nitrogen and oxygen atoms in total. The highest BCUT2D eigenvalue weighted by Crippen LogP contribution is 2.38. The minimum atomic E-state index is -0.315. The highest BCUT2D eigenvalue weighted by molar-refractivity contribution is 8.01. The van der Waals surface area contributed by atoms with Gasteiger partial charge in [-0.1, -0.05) is 11.8 Å². The van der Waals surface area contributed by atoms with E-state index in [4.69, 9.17) is 9.47 Å². The van der Waals surface area contributed by atoms with Crippen molar-refractivity contribution in [1.29, 1.82) is 0 Å². The summed E-state index contributed by atoms with van der Waals surface area (Å²) in [6, 6.07) is 0. The van der Waals surface area contributed by atoms with E-state index >= 15 is 0 Å². The second kappa shape index (κ2) is 12.3. The van der Waals surface area contributed by atoms with Crippen LogP contribution in [0.3, 0.4) is 0 Å². The number of carbonyl (C=O) groups excluding carboxylic acids is 3. The van der Waals surface area contributed by atoms with Crippen LogP contribution in [0.4, 0.5) is 5.00 Å². The van der Waals surface area contributed by atoms with Crippen molar-refractivity contribution in [2.75, 3.05) is 37.9 Å². The van der Waals surface area contributed by atoms with Gasteiger partial charge >= 0.3 is 5.97 Å². The number of esters is 1. The van der Waals surface area contributed by atoms with Crippen LogP contribution in [0, 0.1) is 0 Å². The van der Waals surface area contributed by atoms with Crippen molar-refractivity contribution in [1.82, 2.24) is 10.3 Å². The average molecular weight is 498 g/mol. The SMILES string of the molecule is CCOC(=O)Cc1csc(SCC(=O)Nc2sc3c(c2C(=O)NCCOC)CCCC3)n1. The molecule has 2 aromatic heterocycles. The van der Waals surface area contributed by atoms with Gasteiger partial charge in [-0.15, -0.1) is 22.7 Å². The van der Waals surface area contributed by atoms with Crippen LogP contribution in [0.2, 0.25) is 0 Å². The number of nitrogens with one attached hydrogen (secondary N) is 2. The Hall–Kier alpha value is -1.95. The molecule has 0 spiro atoms. The predicted molar refractivity (Wildman–Crippen MR) is 127 cm³/mol. The molecule has 0 atom stereocenters. The van der Waals surface area contributed by atoms with Gasteiger partial charge in [-0.3, -0.25) is 14.4 Å². The van der Waals surface area contributed by atoms with Crippen LogP contribution >= 0.6 is 34.4 Å². The van der Waals surface area contributed by atoms with Crippen LogP contribution in [0.5, 0.6) is 0 Å². The largest absolute Gasteiger partial charge is 0.466 e. The summed E-state index contributed by atoms with van der Waals surface area (Å²) in [6.45, 7) is 2.95. The van der Waals surface area contributed by atoms with Crippen LogP contribution < -0.4 is 10.6 Å². The molecule has 2 heterocycles. The lowest BCUT2D eigenvalue weighted by molar-refractivity contribution is -0.142. The Morgan fingerprint density at radius 3 is 2.84 bits per heavy atom. The number of ether oxygens (including phenoxy) is 2. The summed E-state index contributed by atoms with van der Waals surface area (Å²) < 4.78 is 10.7. The highest BCUT2D eigenvalue weighted by Gasteiger charge is 2.26. The first-order valence-corrected chi connectivity index (χ1v) is 13.1. The third-order valence-corrected chi connectivity index (χ3v) is 8.01. The number of nitrogens with zero attached hydrogens (tertiary/aromatic N) is 1. The number of fused-ring (bicyclic) bond motifs is 1. The Labute approximate surface area is 199 Å². The summed E-state index contributed by atoms with van der Waals surface area (Å²) in [5.41, 5.74) is 2.28. The zero-order chi connectivity index (χ0) is 22.9. The quantitative estimate of drug-likeness (QED) is 0.279. The van der Waals surface area contributed by atoms with Gasteiger partial charge in [0.1, 0.15) is 5.00 Å². The fraction of sp³-hybridized carbons (Fsp3) is 0.524. The van der Waals surface area contributed by atoms with Crippen LogP contribution in [-0.2, 0) is 38.3 Å². The number of aromatic nitrogens is 1. The molecule has 0 aromatic carbocycles. The van der Waals surface area contributed by atoms with Crippen LogP contribution in [0.15, 0.2) is 9.72 Å². The van der Waals surface area contributed by atoms with E-state index in [1.165, 1.54) is 39.3 Å². The van der Waals surface area contributed by atoms with Gasteiger partial charge in [-0.05, 0) is 38.2 Å². The number of thioether (sulfide) groups is 1. The van der Waals surface area contributed by atoms with Gasteiger partial charge in [-0.2, -0.15) is 0 Å². The van der Waals surface area contributed by atoms with Crippen molar-refractivity contribution < 1.29 is 23.9 Å². The molecule has 0 fully saturated rings. The summed E-state index contributed by atoms with van der Waals surface area (Å²) in [7, 11) is 1.59. The van der Waals surface area contributed by atoms with Crippen LogP contribution in [-0.4, -0.2) is 55.4 Å². The number of hydrogen-bond acceptors (Lipinski definition) is 9. The number of rotatable bonds is 11. The molecule has 174 valence electrons. The first-order valence-electron chi connectivity index (χ1n) is 10.5. The number of methoxy groups -OCH3 is 1. The fourth-order valence-corrected chi connectivity index (χ4v) is 6.28. The third-order valence-electron chi connectivity index (χ3n) is 4.73. The van der Waals surface area contributed by atoms with Crippen molar-refractivity contribution >= 4 is 57.2 Å². The molecular formula is C21H27N3O5S3. The Bertz CT molecular complexity index is 957. The number of carbonyl (C=O) groups is 3. The van der Waals surface area contributed by atoms with E-state index in [0.29, 0.717) is 40.4 Å². The van der Waals surface area contributed by atoms with Gasteiger partial charge in [-0.25, -0.2) is 4.98 Å². The van der Waals surface area contributed by atoms with Crippen molar-refractivity contribution in [2.45, 2.75) is 43.4 Å². The second-order valence-electron chi connectivity index (χ2n) is 7.09. The Kier molecular flexibility index (Phi) is 9.51. The van der Waals surface area contributed by atoms with Gasteiger partial charge in [0.15, 0.2) is 4.34 Å². The predicted octanol–water partition coefficient (Wildman–Crippen LogP) is 3.30. The van der Waals surface area contributed by atoms with Crippen LogP contribution in [0.1, 0.15) is 46.3 Å². The minimum Gasteiger partial charge on any atom is -0.466 e. The molecular weight excluding hydrogens is 470 g/mol. The number of aryl methyl sites for hydroxylation is 1. The van der Waals surface area contributed by atoms with Crippen molar-refractivity contribution in [3.63, 3.8) is 0 Å². The topological polar surface area (TPSA) is 107 Å². The zero-order valence-corrected chi connectivity index (χ0v) is 20.6. The Balaban J connectivity index is 1.61. The molecule has 2 amide bonds. The van der Waals surface area contributed by atoms with E-state index in [2.05, 4.69) is 15.6 Å². The first-order chi connectivity index (χ1) is 15.5. The number of amides is 2. The van der Waals surface area contributed by atoms with Gasteiger partial charge in [0.25, 0.3) is 5.91 Å². The second-order valence-corrected chi connectivity index (χ2v) is 10.3. The molecule has 1 aliphatic carbocycles. The van der Waals surface area contributed by atoms with E-state index < -0.39 is 0 Å². The number of thiazole rings is 1. The maximum absolute atomic E-state index is 12.8. The molecule has 0 saturated carbocycles. The molecule has 1 aliphatic rings. The molecule has 0 saturated heterocycles. The van der Waals surface area contributed by atoms with Crippen molar-refractivity contribution in [3.05, 3.63) is 27.1 Å². The highest BCUT2D eigenvalue weighted by atomic mass is 32.2. The maximum Gasteiger partial charge on any atom is 0.311 e. The zero-order valence-electron chi connectivity index (χ0n) is 18.2. The molecule has 11 heteroatoms. The molecule has 2 aromatic rings. The molecule has 0 unspecified atom stereocenters. The first kappa shape index (κ1) is 24.7. The maximum atomic E-state index is 12.8. The molecule has 2 N–H and O–H groups in total. The minimum absolute atomic E-state index is 0.124. The summed E-state index contributed by atoms with van der Waals surface area (Å²) >= 11 is 4.19. The van der Waals surface area contributed by atoms with Crippen LogP contribution in [0.25, 0.3) is 0 Å². The average Bonchev–Trinajstić information content (AvgIpc) is 3.36. The van der Waals surface area contributed by atoms with E-state index in [1.54, 1.807) is 19.4 Å². The molecule has 0 bridgehead atoms. The van der Waals surface area contributed by atoms with E-state index in [0.717, 1.165) is 31.2 Å². The third kappa shape index (κ3) is 6.77. The molecule has 0 radical (unpaired) electrons. The fourth-order valence-electron chi connectivity index (χ4n) is 3.33. The standard InChI is InChI=1S/C21H27N3O5S3/c1-3-29-17(26)10-13-11-30-21(23-13)31-12-16(25)24-20-18(19(27)22-8-9-28-2)14-6-4-5-7-15(14)32-20/h11H,3-10,12H2,1-2H3,(H,22,27)(H,24,25). The van der Waals surface area contributed by atoms with E-state index in [1.807, 2.05) is 0 Å². The van der Waals surface area contributed by atoms with Gasteiger partial charge < -0.3 is 20.1 Å². The lowest BCUT2D eigenvalue weighted by atomic mass is 9.95. The molecule has 32 heavy (non-hydrogen) atoms. The molecule has 3 rings (SSSR count). The lowest BCUT2D eigenvalue weighted by Gasteiger charge is -2.13. The monoisotopic (exact) mass is 497 g/mol. The lowest BCUT2D eigenvalue weighted by Crippen LogP contribution is -2.29. The number of hydrogen-bond donors (Lipinski definition) is 2. The summed E-state index contributed by atoms with van der Waals surface area (Å²) in [5.74, 6) is -0.515. The normalized spacial score (nSPS) is 12.8. The summed E-state index contributed by atoms with van der Waals surface area (Å²) in [5, 5.41) is 8.22. The van der Waals surface area contributed by atoms with Gasteiger partial charge in [0.05, 0.1) is 36.6 Å². The van der Waals surface area contributed by atoms with Crippen molar-refractivity contribution in [3.8, 4) is 0 Å².